The van der Waals surface area contributed by atoms with E-state index in [1.54, 1.807) is 4.68 Å². The van der Waals surface area contributed by atoms with E-state index >= 15 is 0 Å². The third-order valence-corrected chi connectivity index (χ3v) is 3.39. The van der Waals surface area contributed by atoms with Crippen molar-refractivity contribution in [2.45, 2.75) is 12.8 Å². The highest BCUT2D eigenvalue weighted by atomic mass is 35.5. The third kappa shape index (κ3) is 3.77. The first-order chi connectivity index (χ1) is 9.83. The fraction of sp³-hybridized carbons (Fsp3) is 0.385. The predicted octanol–water partition coefficient (Wildman–Crippen LogP) is 1.02. The molecule has 0 radical (unpaired) electrons. The summed E-state index contributed by atoms with van der Waals surface area (Å²) in [6.07, 6.45) is 3.50. The van der Waals surface area contributed by atoms with Crippen molar-refractivity contribution < 1.29 is 4.79 Å². The molecule has 1 unspecified atom stereocenters. The summed E-state index contributed by atoms with van der Waals surface area (Å²) in [7, 11) is 0. The summed E-state index contributed by atoms with van der Waals surface area (Å²) >= 11 is 0. The lowest BCUT2D eigenvalue weighted by molar-refractivity contribution is -0.120. The number of hydrogen-bond donors (Lipinski definition) is 2. The Morgan fingerprint density at radius 1 is 1.43 bits per heavy atom. The van der Waals surface area contributed by atoms with Crippen LogP contribution in [-0.4, -0.2) is 39.2 Å². The lowest BCUT2D eigenvalue weighted by atomic mass is 9.99. The van der Waals surface area contributed by atoms with Gasteiger partial charge in [0.15, 0.2) is 0 Å². The second-order valence-electron chi connectivity index (χ2n) is 4.84. The molecule has 1 aromatic carbocycles. The van der Waals surface area contributed by atoms with Gasteiger partial charge in [-0.3, -0.25) is 4.79 Å². The van der Waals surface area contributed by atoms with E-state index in [1.165, 1.54) is 6.33 Å². The first-order valence-electron chi connectivity index (χ1n) is 6.68. The third-order valence-electron chi connectivity index (χ3n) is 3.39. The first kappa shape index (κ1) is 15.4. The number of benzene rings is 1. The van der Waals surface area contributed by atoms with E-state index < -0.39 is 0 Å². The van der Waals surface area contributed by atoms with Crippen molar-refractivity contribution in [3.05, 3.63) is 30.6 Å². The Bertz CT molecular complexity index is 582. The van der Waals surface area contributed by atoms with Gasteiger partial charge in [-0.25, -0.2) is 4.68 Å². The van der Waals surface area contributed by atoms with Crippen molar-refractivity contribution >= 4 is 24.0 Å². The zero-order valence-corrected chi connectivity index (χ0v) is 12.2. The van der Waals surface area contributed by atoms with Crippen LogP contribution in [0.4, 0.5) is 5.69 Å². The SMILES string of the molecule is Cl.O=C(Nc1cccc(-n2cnnn2)c1)C1CCCNC1. The lowest BCUT2D eigenvalue weighted by Crippen LogP contribution is -2.37. The maximum absolute atomic E-state index is 12.2. The molecule has 8 heteroatoms. The highest BCUT2D eigenvalue weighted by Crippen LogP contribution is 2.16. The molecule has 1 aliphatic rings. The molecule has 0 bridgehead atoms. The Kier molecular flexibility index (Phi) is 5.24. The van der Waals surface area contributed by atoms with Crippen LogP contribution in [0.2, 0.25) is 0 Å². The molecule has 0 aliphatic carbocycles. The highest BCUT2D eigenvalue weighted by molar-refractivity contribution is 5.93. The Balaban J connectivity index is 0.00000161. The van der Waals surface area contributed by atoms with Gasteiger partial charge < -0.3 is 10.6 Å². The molecule has 1 atom stereocenters. The Morgan fingerprint density at radius 2 is 2.33 bits per heavy atom. The smallest absolute Gasteiger partial charge is 0.228 e. The molecule has 1 saturated heterocycles. The van der Waals surface area contributed by atoms with Crippen LogP contribution >= 0.6 is 12.4 Å². The standard InChI is InChI=1S/C13H16N6O.ClH/c20-13(10-3-2-6-14-8-10)16-11-4-1-5-12(7-11)19-9-15-17-18-19;/h1,4-5,7,9-10,14H,2-3,6,8H2,(H,16,20);1H. The number of piperidine rings is 1. The summed E-state index contributed by atoms with van der Waals surface area (Å²) in [5.74, 6) is 0.103. The zero-order chi connectivity index (χ0) is 13.8. The van der Waals surface area contributed by atoms with Gasteiger partial charge in [-0.05, 0) is 48.0 Å². The zero-order valence-electron chi connectivity index (χ0n) is 11.4. The van der Waals surface area contributed by atoms with Crippen LogP contribution in [0.5, 0.6) is 0 Å². The minimum Gasteiger partial charge on any atom is -0.326 e. The molecule has 2 N–H and O–H groups in total. The van der Waals surface area contributed by atoms with Crippen LogP contribution in [0.3, 0.4) is 0 Å². The second-order valence-corrected chi connectivity index (χ2v) is 4.84. The summed E-state index contributed by atoms with van der Waals surface area (Å²) < 4.78 is 1.55. The van der Waals surface area contributed by atoms with E-state index in [2.05, 4.69) is 26.2 Å². The number of anilines is 1. The van der Waals surface area contributed by atoms with Crippen molar-refractivity contribution in [3.8, 4) is 5.69 Å². The van der Waals surface area contributed by atoms with Crippen molar-refractivity contribution in [1.29, 1.82) is 0 Å². The maximum Gasteiger partial charge on any atom is 0.228 e. The average molecular weight is 309 g/mol. The van der Waals surface area contributed by atoms with E-state index in [9.17, 15) is 4.79 Å². The molecule has 1 fully saturated rings. The maximum atomic E-state index is 12.2. The van der Waals surface area contributed by atoms with E-state index in [1.807, 2.05) is 24.3 Å². The Hall–Kier alpha value is -1.99. The van der Waals surface area contributed by atoms with Gasteiger partial charge in [0.2, 0.25) is 5.91 Å². The van der Waals surface area contributed by atoms with Gasteiger partial charge in [0, 0.05) is 12.2 Å². The second kappa shape index (κ2) is 7.14. The van der Waals surface area contributed by atoms with Gasteiger partial charge >= 0.3 is 0 Å². The molecule has 21 heavy (non-hydrogen) atoms. The van der Waals surface area contributed by atoms with E-state index in [-0.39, 0.29) is 24.2 Å². The molecule has 2 heterocycles. The lowest BCUT2D eigenvalue weighted by Gasteiger charge is -2.21. The van der Waals surface area contributed by atoms with E-state index in [4.69, 9.17) is 0 Å². The molecular formula is C13H17ClN6O. The van der Waals surface area contributed by atoms with E-state index in [0.717, 1.165) is 37.3 Å². The molecule has 3 rings (SSSR count). The molecule has 0 saturated carbocycles. The average Bonchev–Trinajstić information content (AvgIpc) is 3.03. The largest absolute Gasteiger partial charge is 0.326 e. The van der Waals surface area contributed by atoms with E-state index in [0.29, 0.717) is 0 Å². The van der Waals surface area contributed by atoms with Crippen molar-refractivity contribution in [2.24, 2.45) is 5.92 Å². The number of halogens is 1. The summed E-state index contributed by atoms with van der Waals surface area (Å²) in [5.41, 5.74) is 1.57. The van der Waals surface area contributed by atoms with Crippen LogP contribution in [0.15, 0.2) is 30.6 Å². The predicted molar refractivity (Wildman–Crippen MR) is 80.6 cm³/mol. The van der Waals surface area contributed by atoms with Gasteiger partial charge in [-0.2, -0.15) is 0 Å². The molecule has 1 amide bonds. The molecule has 0 spiro atoms. The van der Waals surface area contributed by atoms with Crippen LogP contribution in [0.1, 0.15) is 12.8 Å². The number of rotatable bonds is 3. The topological polar surface area (TPSA) is 84.7 Å². The number of aromatic nitrogens is 4. The molecule has 2 aromatic rings. The van der Waals surface area contributed by atoms with Crippen LogP contribution in [0, 0.1) is 5.92 Å². The van der Waals surface area contributed by atoms with Gasteiger partial charge in [0.25, 0.3) is 0 Å². The first-order valence-corrected chi connectivity index (χ1v) is 6.68. The summed E-state index contributed by atoms with van der Waals surface area (Å²) in [6, 6.07) is 7.46. The van der Waals surface area contributed by atoms with Gasteiger partial charge in [-0.15, -0.1) is 17.5 Å². The summed E-state index contributed by atoms with van der Waals surface area (Å²) in [4.78, 5) is 12.2. The highest BCUT2D eigenvalue weighted by Gasteiger charge is 2.20. The number of nitrogens with zero attached hydrogens (tertiary/aromatic N) is 4. The molecule has 7 nitrogen and oxygen atoms in total. The van der Waals surface area contributed by atoms with Crippen molar-refractivity contribution in [1.82, 2.24) is 25.5 Å². The quantitative estimate of drug-likeness (QED) is 0.884. The number of carbonyl (C=O) groups is 1. The normalized spacial score (nSPS) is 17.8. The number of tetrazole rings is 1. The van der Waals surface area contributed by atoms with Crippen LogP contribution < -0.4 is 10.6 Å². The summed E-state index contributed by atoms with van der Waals surface area (Å²) in [6.45, 7) is 1.75. The van der Waals surface area contributed by atoms with Gasteiger partial charge in [-0.1, -0.05) is 6.07 Å². The van der Waals surface area contributed by atoms with Crippen LogP contribution in [0.25, 0.3) is 5.69 Å². The minimum absolute atomic E-state index is 0. The van der Waals surface area contributed by atoms with Gasteiger partial charge in [0.05, 0.1) is 11.6 Å². The van der Waals surface area contributed by atoms with Crippen molar-refractivity contribution in [3.63, 3.8) is 0 Å². The fourth-order valence-corrected chi connectivity index (χ4v) is 2.33. The number of nitrogens with one attached hydrogen (secondary N) is 2. The number of carbonyl (C=O) groups excluding carboxylic acids is 1. The summed E-state index contributed by atoms with van der Waals surface area (Å²) in [5, 5.41) is 17.2. The van der Waals surface area contributed by atoms with Crippen molar-refractivity contribution in [2.75, 3.05) is 18.4 Å². The Labute approximate surface area is 128 Å². The number of hydrogen-bond acceptors (Lipinski definition) is 5. The molecular weight excluding hydrogens is 292 g/mol. The molecule has 112 valence electrons. The van der Waals surface area contributed by atoms with Gasteiger partial charge in [0.1, 0.15) is 6.33 Å². The Morgan fingerprint density at radius 3 is 3.05 bits per heavy atom. The monoisotopic (exact) mass is 308 g/mol. The fourth-order valence-electron chi connectivity index (χ4n) is 2.33. The van der Waals surface area contributed by atoms with Crippen LogP contribution in [-0.2, 0) is 4.79 Å². The minimum atomic E-state index is 0. The molecule has 1 aromatic heterocycles. The molecule has 1 aliphatic heterocycles. The number of amides is 1.